The molecule has 94 valence electrons. The number of benzene rings is 1. The average molecular weight is 234 g/mol. The lowest BCUT2D eigenvalue weighted by molar-refractivity contribution is -0.129. The van der Waals surface area contributed by atoms with E-state index >= 15 is 0 Å². The molecule has 0 aliphatic heterocycles. The van der Waals surface area contributed by atoms with Crippen LogP contribution in [0.3, 0.4) is 0 Å². The van der Waals surface area contributed by atoms with Gasteiger partial charge in [-0.15, -0.1) is 0 Å². The van der Waals surface area contributed by atoms with Crippen molar-refractivity contribution in [2.75, 3.05) is 27.2 Å². The summed E-state index contributed by atoms with van der Waals surface area (Å²) in [5, 5.41) is 3.04. The molecule has 1 aromatic carbocycles. The Hall–Kier alpha value is -1.35. The molecule has 1 rings (SSSR count). The summed E-state index contributed by atoms with van der Waals surface area (Å²) in [7, 11) is 3.75. The summed E-state index contributed by atoms with van der Waals surface area (Å²) < 4.78 is 0. The summed E-state index contributed by atoms with van der Waals surface area (Å²) in [6.45, 7) is 3.69. The zero-order chi connectivity index (χ0) is 12.7. The number of hydrogen-bond donors (Lipinski definition) is 1. The number of rotatable bonds is 6. The van der Waals surface area contributed by atoms with Crippen molar-refractivity contribution in [1.82, 2.24) is 10.2 Å². The summed E-state index contributed by atoms with van der Waals surface area (Å²) in [6, 6.07) is 8.23. The summed E-state index contributed by atoms with van der Waals surface area (Å²) in [6.07, 6.45) is 1.42. The van der Waals surface area contributed by atoms with Gasteiger partial charge in [-0.2, -0.15) is 0 Å². The third-order valence-corrected chi connectivity index (χ3v) is 2.99. The van der Waals surface area contributed by atoms with Gasteiger partial charge in [0.1, 0.15) is 0 Å². The molecule has 1 aromatic rings. The Labute approximate surface area is 104 Å². The zero-order valence-corrected chi connectivity index (χ0v) is 11.0. The second-order valence-electron chi connectivity index (χ2n) is 4.35. The largest absolute Gasteiger partial charge is 0.344 e. The van der Waals surface area contributed by atoms with Crippen LogP contribution in [0.25, 0.3) is 0 Å². The number of hydrogen-bond acceptors (Lipinski definition) is 2. The lowest BCUT2D eigenvalue weighted by Gasteiger charge is -2.17. The van der Waals surface area contributed by atoms with Gasteiger partial charge in [-0.3, -0.25) is 4.79 Å². The van der Waals surface area contributed by atoms with Gasteiger partial charge >= 0.3 is 0 Å². The first-order valence-corrected chi connectivity index (χ1v) is 6.08. The summed E-state index contributed by atoms with van der Waals surface area (Å²) in [4.78, 5) is 13.6. The van der Waals surface area contributed by atoms with E-state index in [1.807, 2.05) is 26.2 Å². The molecule has 0 aliphatic carbocycles. The molecule has 0 unspecified atom stereocenters. The van der Waals surface area contributed by atoms with Gasteiger partial charge in [0.05, 0.1) is 0 Å². The molecule has 0 aliphatic rings. The molecule has 0 bridgehead atoms. The molecular formula is C14H22N2O. The van der Waals surface area contributed by atoms with E-state index < -0.39 is 0 Å². The van der Waals surface area contributed by atoms with E-state index in [0.717, 1.165) is 19.5 Å². The predicted octanol–water partition coefficient (Wildman–Crippen LogP) is 1.61. The minimum Gasteiger partial charge on any atom is -0.344 e. The van der Waals surface area contributed by atoms with E-state index in [2.05, 4.69) is 24.4 Å². The van der Waals surface area contributed by atoms with Crippen molar-refractivity contribution in [1.29, 1.82) is 0 Å². The van der Waals surface area contributed by atoms with Gasteiger partial charge in [0.2, 0.25) is 5.91 Å². The fourth-order valence-corrected chi connectivity index (χ4v) is 1.73. The third-order valence-electron chi connectivity index (χ3n) is 2.99. The molecule has 0 atom stereocenters. The SMILES string of the molecule is CNCCN(C)C(=O)CCc1ccccc1C. The first kappa shape index (κ1) is 13.7. The summed E-state index contributed by atoms with van der Waals surface area (Å²) in [5.41, 5.74) is 2.53. The van der Waals surface area contributed by atoms with Crippen LogP contribution in [0.4, 0.5) is 0 Å². The number of carbonyl (C=O) groups is 1. The Morgan fingerprint density at radius 3 is 2.71 bits per heavy atom. The van der Waals surface area contributed by atoms with Crippen LogP contribution in [0.2, 0.25) is 0 Å². The minimum absolute atomic E-state index is 0.212. The fraction of sp³-hybridized carbons (Fsp3) is 0.500. The van der Waals surface area contributed by atoms with Crippen molar-refractivity contribution >= 4 is 5.91 Å². The van der Waals surface area contributed by atoms with Crippen LogP contribution in [0.5, 0.6) is 0 Å². The van der Waals surface area contributed by atoms with Gasteiger partial charge < -0.3 is 10.2 Å². The number of nitrogens with zero attached hydrogens (tertiary/aromatic N) is 1. The molecule has 1 amide bonds. The third kappa shape index (κ3) is 4.57. The molecular weight excluding hydrogens is 212 g/mol. The van der Waals surface area contributed by atoms with Crippen LogP contribution in [-0.4, -0.2) is 38.0 Å². The average Bonchev–Trinajstić information content (AvgIpc) is 2.34. The predicted molar refractivity (Wildman–Crippen MR) is 71.1 cm³/mol. The lowest BCUT2D eigenvalue weighted by atomic mass is 10.0. The highest BCUT2D eigenvalue weighted by Gasteiger charge is 2.08. The quantitative estimate of drug-likeness (QED) is 0.811. The highest BCUT2D eigenvalue weighted by atomic mass is 16.2. The highest BCUT2D eigenvalue weighted by molar-refractivity contribution is 5.76. The van der Waals surface area contributed by atoms with Crippen molar-refractivity contribution in [2.45, 2.75) is 19.8 Å². The normalized spacial score (nSPS) is 10.3. The van der Waals surface area contributed by atoms with Crippen molar-refractivity contribution in [3.05, 3.63) is 35.4 Å². The monoisotopic (exact) mass is 234 g/mol. The number of amides is 1. The Kier molecular flexibility index (Phi) is 5.70. The topological polar surface area (TPSA) is 32.3 Å². The van der Waals surface area contributed by atoms with E-state index in [0.29, 0.717) is 6.42 Å². The molecule has 0 radical (unpaired) electrons. The maximum atomic E-state index is 11.8. The molecule has 1 N–H and O–H groups in total. The number of likely N-dealkylation sites (N-methyl/N-ethyl adjacent to an activating group) is 2. The first-order valence-electron chi connectivity index (χ1n) is 6.08. The lowest BCUT2D eigenvalue weighted by Crippen LogP contribution is -2.32. The number of nitrogens with one attached hydrogen (secondary N) is 1. The summed E-state index contributed by atoms with van der Waals surface area (Å²) >= 11 is 0. The minimum atomic E-state index is 0.212. The smallest absolute Gasteiger partial charge is 0.222 e. The van der Waals surface area contributed by atoms with Crippen molar-refractivity contribution in [3.8, 4) is 0 Å². The van der Waals surface area contributed by atoms with Crippen LogP contribution in [0.1, 0.15) is 17.5 Å². The molecule has 17 heavy (non-hydrogen) atoms. The van der Waals surface area contributed by atoms with E-state index in [1.165, 1.54) is 11.1 Å². The van der Waals surface area contributed by atoms with Crippen LogP contribution in [-0.2, 0) is 11.2 Å². The van der Waals surface area contributed by atoms with Gasteiger partial charge in [-0.1, -0.05) is 24.3 Å². The Morgan fingerprint density at radius 2 is 2.06 bits per heavy atom. The van der Waals surface area contributed by atoms with Gasteiger partial charge in [0.15, 0.2) is 0 Å². The van der Waals surface area contributed by atoms with E-state index in [9.17, 15) is 4.79 Å². The second-order valence-corrected chi connectivity index (χ2v) is 4.35. The first-order chi connectivity index (χ1) is 8.15. The Balaban J connectivity index is 2.40. The van der Waals surface area contributed by atoms with E-state index in [-0.39, 0.29) is 5.91 Å². The van der Waals surface area contributed by atoms with E-state index in [4.69, 9.17) is 0 Å². The van der Waals surface area contributed by atoms with Crippen molar-refractivity contribution in [3.63, 3.8) is 0 Å². The maximum absolute atomic E-state index is 11.8. The molecule has 0 saturated heterocycles. The Morgan fingerprint density at radius 1 is 1.35 bits per heavy atom. The molecule has 0 spiro atoms. The van der Waals surface area contributed by atoms with Crippen LogP contribution in [0, 0.1) is 6.92 Å². The van der Waals surface area contributed by atoms with Gasteiger partial charge in [-0.05, 0) is 31.5 Å². The molecule has 0 heterocycles. The zero-order valence-electron chi connectivity index (χ0n) is 11.0. The van der Waals surface area contributed by atoms with Gasteiger partial charge in [-0.25, -0.2) is 0 Å². The molecule has 3 heteroatoms. The fourth-order valence-electron chi connectivity index (χ4n) is 1.73. The van der Waals surface area contributed by atoms with Crippen LogP contribution in [0.15, 0.2) is 24.3 Å². The highest BCUT2D eigenvalue weighted by Crippen LogP contribution is 2.10. The van der Waals surface area contributed by atoms with Gasteiger partial charge in [0.25, 0.3) is 0 Å². The Bertz CT molecular complexity index is 363. The standard InChI is InChI=1S/C14H22N2O/c1-12-6-4-5-7-13(12)8-9-14(17)16(3)11-10-15-2/h4-7,15H,8-11H2,1-3H3. The van der Waals surface area contributed by atoms with Crippen LogP contribution < -0.4 is 5.32 Å². The summed E-state index contributed by atoms with van der Waals surface area (Å²) in [5.74, 6) is 0.212. The van der Waals surface area contributed by atoms with Crippen molar-refractivity contribution < 1.29 is 4.79 Å². The number of aryl methyl sites for hydroxylation is 2. The van der Waals surface area contributed by atoms with Crippen molar-refractivity contribution in [2.24, 2.45) is 0 Å². The maximum Gasteiger partial charge on any atom is 0.222 e. The van der Waals surface area contributed by atoms with E-state index in [1.54, 1.807) is 4.90 Å². The molecule has 0 fully saturated rings. The number of carbonyl (C=O) groups excluding carboxylic acids is 1. The second kappa shape index (κ2) is 7.07. The van der Waals surface area contributed by atoms with Gasteiger partial charge in [0, 0.05) is 26.6 Å². The molecule has 0 aromatic heterocycles. The molecule has 3 nitrogen and oxygen atoms in total. The van der Waals surface area contributed by atoms with Crippen LogP contribution >= 0.6 is 0 Å². The molecule has 0 saturated carbocycles.